The summed E-state index contributed by atoms with van der Waals surface area (Å²) < 4.78 is 9.50. The lowest BCUT2D eigenvalue weighted by Gasteiger charge is -2.10. The number of aliphatic hydroxyl groups is 1. The van der Waals surface area contributed by atoms with Crippen molar-refractivity contribution in [2.75, 3.05) is 33.4 Å². The van der Waals surface area contributed by atoms with Gasteiger partial charge in [-0.1, -0.05) is 0 Å². The zero-order chi connectivity index (χ0) is 10.8. The molecule has 0 spiro atoms. The van der Waals surface area contributed by atoms with E-state index in [2.05, 4.69) is 10.1 Å². The van der Waals surface area contributed by atoms with Gasteiger partial charge in [0.05, 0.1) is 25.7 Å². The molecule has 0 saturated carbocycles. The molecule has 5 heteroatoms. The highest BCUT2D eigenvalue weighted by Crippen LogP contribution is 1.93. The number of rotatable bonds is 8. The Morgan fingerprint density at radius 3 is 2.86 bits per heavy atom. The topological polar surface area (TPSA) is 67.8 Å². The predicted molar refractivity (Wildman–Crippen MR) is 52.0 cm³/mol. The largest absolute Gasteiger partial charge is 0.466 e. The first kappa shape index (κ1) is 13.4. The minimum absolute atomic E-state index is 0.0355. The van der Waals surface area contributed by atoms with Gasteiger partial charge >= 0.3 is 5.97 Å². The summed E-state index contributed by atoms with van der Waals surface area (Å²) in [5.41, 5.74) is 0. The zero-order valence-corrected chi connectivity index (χ0v) is 8.78. The van der Waals surface area contributed by atoms with Crippen molar-refractivity contribution in [2.45, 2.75) is 19.4 Å². The number of esters is 1. The molecule has 0 aromatic rings. The molecule has 0 aromatic carbocycles. The summed E-state index contributed by atoms with van der Waals surface area (Å²) >= 11 is 0. The fourth-order valence-corrected chi connectivity index (χ4v) is 0.927. The smallest absolute Gasteiger partial charge is 0.308 e. The number of nitrogens with one attached hydrogen (secondary N) is 1. The van der Waals surface area contributed by atoms with Crippen molar-refractivity contribution in [3.05, 3.63) is 0 Å². The van der Waals surface area contributed by atoms with Crippen LogP contribution in [0.4, 0.5) is 0 Å². The Morgan fingerprint density at radius 2 is 2.29 bits per heavy atom. The van der Waals surface area contributed by atoms with Gasteiger partial charge in [0.2, 0.25) is 0 Å². The fraction of sp³-hybridized carbons (Fsp3) is 0.889. The summed E-state index contributed by atoms with van der Waals surface area (Å²) in [6.45, 7) is 3.72. The first-order chi connectivity index (χ1) is 6.70. The van der Waals surface area contributed by atoms with Crippen molar-refractivity contribution in [1.29, 1.82) is 0 Å². The Balaban J connectivity index is 3.35. The first-order valence-electron chi connectivity index (χ1n) is 4.74. The van der Waals surface area contributed by atoms with Gasteiger partial charge in [-0.05, 0) is 6.92 Å². The third-order valence-electron chi connectivity index (χ3n) is 1.57. The molecular weight excluding hydrogens is 186 g/mol. The Bertz CT molecular complexity index is 152. The molecule has 0 rings (SSSR count). The number of hydrogen-bond acceptors (Lipinski definition) is 5. The molecule has 1 unspecified atom stereocenters. The highest BCUT2D eigenvalue weighted by atomic mass is 16.5. The lowest BCUT2D eigenvalue weighted by Crippen LogP contribution is -2.31. The molecule has 5 nitrogen and oxygen atoms in total. The molecule has 1 atom stereocenters. The standard InChI is InChI=1S/C9H19NO4/c1-3-14-9(12)6-8(11)7-10-4-5-13-2/h8,10-11H,3-7H2,1-2H3. The van der Waals surface area contributed by atoms with E-state index in [0.29, 0.717) is 26.3 Å². The highest BCUT2D eigenvalue weighted by molar-refractivity contribution is 5.69. The van der Waals surface area contributed by atoms with E-state index >= 15 is 0 Å². The Hall–Kier alpha value is -0.650. The van der Waals surface area contributed by atoms with Crippen LogP contribution in [0.3, 0.4) is 0 Å². The highest BCUT2D eigenvalue weighted by Gasteiger charge is 2.10. The van der Waals surface area contributed by atoms with Crippen LogP contribution in [0.5, 0.6) is 0 Å². The van der Waals surface area contributed by atoms with Crippen LogP contribution in [0.1, 0.15) is 13.3 Å². The quantitative estimate of drug-likeness (QED) is 0.414. The summed E-state index contributed by atoms with van der Waals surface area (Å²) in [5, 5.41) is 12.3. The van der Waals surface area contributed by atoms with Crippen molar-refractivity contribution in [3.63, 3.8) is 0 Å². The van der Waals surface area contributed by atoms with Crippen LogP contribution >= 0.6 is 0 Å². The molecule has 0 fully saturated rings. The monoisotopic (exact) mass is 205 g/mol. The maximum atomic E-state index is 10.9. The molecule has 0 aliphatic carbocycles. The molecule has 14 heavy (non-hydrogen) atoms. The van der Waals surface area contributed by atoms with Crippen LogP contribution in [0.15, 0.2) is 0 Å². The van der Waals surface area contributed by atoms with Gasteiger partial charge in [0.25, 0.3) is 0 Å². The molecule has 0 saturated heterocycles. The van der Waals surface area contributed by atoms with E-state index in [0.717, 1.165) is 0 Å². The third kappa shape index (κ3) is 7.97. The van der Waals surface area contributed by atoms with Gasteiger partial charge in [-0.2, -0.15) is 0 Å². The van der Waals surface area contributed by atoms with Crippen LogP contribution in [0.25, 0.3) is 0 Å². The molecule has 0 aromatic heterocycles. The van der Waals surface area contributed by atoms with Crippen molar-refractivity contribution >= 4 is 5.97 Å². The van der Waals surface area contributed by atoms with E-state index in [1.165, 1.54) is 0 Å². The number of aliphatic hydroxyl groups excluding tert-OH is 1. The molecule has 0 bridgehead atoms. The van der Waals surface area contributed by atoms with Crippen molar-refractivity contribution in [2.24, 2.45) is 0 Å². The average Bonchev–Trinajstić information content (AvgIpc) is 2.13. The van der Waals surface area contributed by atoms with Crippen LogP contribution in [0, 0.1) is 0 Å². The summed E-state index contributed by atoms with van der Waals surface area (Å²) in [7, 11) is 1.61. The lowest BCUT2D eigenvalue weighted by molar-refractivity contribution is -0.145. The SMILES string of the molecule is CCOC(=O)CC(O)CNCCOC. The zero-order valence-electron chi connectivity index (χ0n) is 8.78. The van der Waals surface area contributed by atoms with Crippen LogP contribution in [0.2, 0.25) is 0 Å². The molecule has 0 radical (unpaired) electrons. The fourth-order valence-electron chi connectivity index (χ4n) is 0.927. The minimum atomic E-state index is -0.689. The average molecular weight is 205 g/mol. The van der Waals surface area contributed by atoms with Gasteiger partial charge in [0, 0.05) is 20.2 Å². The molecule has 84 valence electrons. The van der Waals surface area contributed by atoms with Crippen molar-refractivity contribution in [1.82, 2.24) is 5.32 Å². The maximum Gasteiger partial charge on any atom is 0.308 e. The van der Waals surface area contributed by atoms with E-state index in [-0.39, 0.29) is 12.4 Å². The van der Waals surface area contributed by atoms with Gasteiger partial charge in [0.15, 0.2) is 0 Å². The van der Waals surface area contributed by atoms with E-state index in [4.69, 9.17) is 4.74 Å². The van der Waals surface area contributed by atoms with E-state index in [9.17, 15) is 9.90 Å². The van der Waals surface area contributed by atoms with E-state index in [1.54, 1.807) is 14.0 Å². The normalized spacial score (nSPS) is 12.5. The Kier molecular flexibility index (Phi) is 8.51. The van der Waals surface area contributed by atoms with Crippen molar-refractivity contribution in [3.8, 4) is 0 Å². The van der Waals surface area contributed by atoms with Gasteiger partial charge in [-0.3, -0.25) is 4.79 Å². The van der Waals surface area contributed by atoms with E-state index < -0.39 is 6.10 Å². The van der Waals surface area contributed by atoms with Gasteiger partial charge < -0.3 is 19.9 Å². The van der Waals surface area contributed by atoms with Crippen LogP contribution < -0.4 is 5.32 Å². The minimum Gasteiger partial charge on any atom is -0.466 e. The van der Waals surface area contributed by atoms with E-state index in [1.807, 2.05) is 0 Å². The van der Waals surface area contributed by atoms with Crippen LogP contribution in [-0.4, -0.2) is 50.6 Å². The molecule has 0 aliphatic heterocycles. The Morgan fingerprint density at radius 1 is 1.57 bits per heavy atom. The number of hydrogen-bond donors (Lipinski definition) is 2. The van der Waals surface area contributed by atoms with Gasteiger partial charge in [0.1, 0.15) is 0 Å². The summed E-state index contributed by atoms with van der Waals surface area (Å²) in [6.07, 6.45) is -0.653. The number of carbonyl (C=O) groups excluding carboxylic acids is 1. The number of ether oxygens (including phenoxy) is 2. The molecular formula is C9H19NO4. The number of carbonyl (C=O) groups is 1. The molecule has 2 N–H and O–H groups in total. The maximum absolute atomic E-state index is 10.9. The predicted octanol–water partition coefficient (Wildman–Crippen LogP) is -0.463. The second kappa shape index (κ2) is 8.93. The second-order valence-electron chi connectivity index (χ2n) is 2.86. The van der Waals surface area contributed by atoms with Crippen molar-refractivity contribution < 1.29 is 19.4 Å². The summed E-state index contributed by atoms with van der Waals surface area (Å²) in [4.78, 5) is 10.9. The number of methoxy groups -OCH3 is 1. The van der Waals surface area contributed by atoms with Crippen LogP contribution in [-0.2, 0) is 14.3 Å². The summed E-state index contributed by atoms with van der Waals surface area (Å²) in [6, 6.07) is 0. The third-order valence-corrected chi connectivity index (χ3v) is 1.57. The molecule has 0 heterocycles. The molecule has 0 aliphatic rings. The summed E-state index contributed by atoms with van der Waals surface area (Å²) in [5.74, 6) is -0.367. The first-order valence-corrected chi connectivity index (χ1v) is 4.74. The Labute approximate surface area is 84.4 Å². The van der Waals surface area contributed by atoms with Gasteiger partial charge in [-0.25, -0.2) is 0 Å². The molecule has 0 amide bonds. The second-order valence-corrected chi connectivity index (χ2v) is 2.86. The van der Waals surface area contributed by atoms with Gasteiger partial charge in [-0.15, -0.1) is 0 Å². The lowest BCUT2D eigenvalue weighted by atomic mass is 10.2.